The lowest BCUT2D eigenvalue weighted by atomic mass is 10.0. The molecule has 0 N–H and O–H groups in total. The average Bonchev–Trinajstić information content (AvgIpc) is 3.67. The molecule has 218 valence electrons. The number of morpholine rings is 1. The predicted octanol–water partition coefficient (Wildman–Crippen LogP) is 5.97. The lowest BCUT2D eigenvalue weighted by Crippen LogP contribution is -2.36. The predicted molar refractivity (Wildman–Crippen MR) is 162 cm³/mol. The fourth-order valence-electron chi connectivity index (χ4n) is 5.80. The molecule has 0 radical (unpaired) electrons. The van der Waals surface area contributed by atoms with Crippen LogP contribution in [-0.2, 0) is 30.6 Å². The molecule has 0 spiro atoms. The van der Waals surface area contributed by atoms with E-state index in [4.69, 9.17) is 9.47 Å². The van der Waals surface area contributed by atoms with Crippen molar-refractivity contribution in [3.8, 4) is 11.4 Å². The van der Waals surface area contributed by atoms with Gasteiger partial charge in [-0.05, 0) is 104 Å². The van der Waals surface area contributed by atoms with Crippen molar-refractivity contribution in [3.05, 3.63) is 98.9 Å². The van der Waals surface area contributed by atoms with E-state index in [1.807, 2.05) is 53.1 Å². The molecule has 6 rings (SSSR count). The second kappa shape index (κ2) is 13.1. The Morgan fingerprint density at radius 3 is 2.64 bits per heavy atom. The molecule has 1 saturated heterocycles. The second-order valence-electron chi connectivity index (χ2n) is 10.8. The number of ether oxygens (including phenoxy) is 2. The molecule has 1 aliphatic carbocycles. The molecule has 0 atom stereocenters. The molecule has 2 aliphatic rings. The van der Waals surface area contributed by atoms with Crippen molar-refractivity contribution in [3.63, 3.8) is 0 Å². The molecule has 0 amide bonds. The van der Waals surface area contributed by atoms with Crippen molar-refractivity contribution in [1.82, 2.24) is 19.7 Å². The van der Waals surface area contributed by atoms with E-state index in [2.05, 4.69) is 28.1 Å². The summed E-state index contributed by atoms with van der Waals surface area (Å²) in [6.45, 7) is 6.78. The van der Waals surface area contributed by atoms with E-state index in [0.717, 1.165) is 82.0 Å². The topological polar surface area (TPSA) is 95.6 Å². The fraction of sp³-hybridized carbons (Fsp3) is 0.375. The monoisotopic (exact) mass is 585 g/mol. The first kappa shape index (κ1) is 28.4. The summed E-state index contributed by atoms with van der Waals surface area (Å²) in [4.78, 5) is 14.7. The Kier molecular flexibility index (Phi) is 8.83. The quantitative estimate of drug-likeness (QED) is 0.157. The molecule has 42 heavy (non-hydrogen) atoms. The van der Waals surface area contributed by atoms with Gasteiger partial charge < -0.3 is 9.47 Å². The Morgan fingerprint density at radius 2 is 1.83 bits per heavy atom. The molecule has 9 nitrogen and oxygen atoms in total. The van der Waals surface area contributed by atoms with Crippen molar-refractivity contribution in [2.24, 2.45) is 0 Å². The van der Waals surface area contributed by atoms with Gasteiger partial charge in [0.2, 0.25) is 5.16 Å². The first-order valence-corrected chi connectivity index (χ1v) is 15.4. The third kappa shape index (κ3) is 6.35. The highest BCUT2D eigenvalue weighted by atomic mass is 32.2. The first-order chi connectivity index (χ1) is 20.6. The minimum Gasteiger partial charge on any atom is -0.485 e. The van der Waals surface area contributed by atoms with E-state index in [0.29, 0.717) is 15.9 Å². The zero-order valence-electron chi connectivity index (χ0n) is 23.8. The second-order valence-corrected chi connectivity index (χ2v) is 11.8. The Balaban J connectivity index is 1.22. The molecule has 2 heterocycles. The largest absolute Gasteiger partial charge is 0.485 e. The summed E-state index contributed by atoms with van der Waals surface area (Å²) in [5.74, 6) is 1.53. The molecule has 1 aromatic heterocycles. The minimum atomic E-state index is -0.307. The number of nitro groups is 1. The molecule has 0 unspecified atom stereocenters. The van der Waals surface area contributed by atoms with Crippen molar-refractivity contribution >= 4 is 17.4 Å². The molecular formula is C32H35N5O4S. The maximum atomic E-state index is 12.1. The third-order valence-electron chi connectivity index (χ3n) is 8.01. The molecule has 10 heteroatoms. The van der Waals surface area contributed by atoms with Gasteiger partial charge >= 0.3 is 0 Å². The molecule has 3 aromatic carbocycles. The van der Waals surface area contributed by atoms with Gasteiger partial charge in [0.1, 0.15) is 12.4 Å². The smallest absolute Gasteiger partial charge is 0.283 e. The van der Waals surface area contributed by atoms with Gasteiger partial charge in [0, 0.05) is 24.8 Å². The highest BCUT2D eigenvalue weighted by Crippen LogP contribution is 2.37. The van der Waals surface area contributed by atoms with Crippen LogP contribution in [0.2, 0.25) is 0 Å². The van der Waals surface area contributed by atoms with Crippen LogP contribution in [0.25, 0.3) is 5.69 Å². The van der Waals surface area contributed by atoms with Crippen LogP contribution in [0.15, 0.2) is 70.7 Å². The molecule has 4 aromatic rings. The van der Waals surface area contributed by atoms with Crippen LogP contribution in [-0.4, -0.2) is 57.4 Å². The van der Waals surface area contributed by atoms with E-state index in [-0.39, 0.29) is 17.2 Å². The number of aryl methyl sites for hydroxylation is 2. The van der Waals surface area contributed by atoms with E-state index in [1.54, 1.807) is 6.07 Å². The Hall–Kier alpha value is -3.73. The maximum absolute atomic E-state index is 12.1. The van der Waals surface area contributed by atoms with Gasteiger partial charge in [0.25, 0.3) is 5.69 Å². The molecular weight excluding hydrogens is 550 g/mol. The van der Waals surface area contributed by atoms with Crippen LogP contribution < -0.4 is 4.74 Å². The highest BCUT2D eigenvalue weighted by molar-refractivity contribution is 7.99. The summed E-state index contributed by atoms with van der Waals surface area (Å²) >= 11 is 1.25. The summed E-state index contributed by atoms with van der Waals surface area (Å²) in [6, 6.07) is 19.5. The molecule has 1 aliphatic heterocycles. The van der Waals surface area contributed by atoms with Gasteiger partial charge in [-0.3, -0.25) is 19.6 Å². The third-order valence-corrected chi connectivity index (χ3v) is 9.02. The van der Waals surface area contributed by atoms with Gasteiger partial charge in [0.15, 0.2) is 5.82 Å². The van der Waals surface area contributed by atoms with Gasteiger partial charge in [-0.1, -0.05) is 30.3 Å². The summed E-state index contributed by atoms with van der Waals surface area (Å²) in [5.41, 5.74) is 5.91. The number of hydrogen-bond acceptors (Lipinski definition) is 8. The number of para-hydroxylation sites is 1. The van der Waals surface area contributed by atoms with E-state index in [9.17, 15) is 10.1 Å². The summed E-state index contributed by atoms with van der Waals surface area (Å²) in [7, 11) is 0. The number of nitrogens with zero attached hydrogens (tertiary/aromatic N) is 5. The Bertz CT molecular complexity index is 1550. The molecule has 0 saturated carbocycles. The average molecular weight is 586 g/mol. The van der Waals surface area contributed by atoms with Crippen LogP contribution in [0.4, 0.5) is 5.69 Å². The van der Waals surface area contributed by atoms with Crippen LogP contribution in [0.5, 0.6) is 5.75 Å². The fourth-order valence-corrected chi connectivity index (χ4v) is 6.76. The van der Waals surface area contributed by atoms with E-state index < -0.39 is 0 Å². The van der Waals surface area contributed by atoms with Gasteiger partial charge in [0.05, 0.1) is 23.0 Å². The number of nitro benzene ring substituents is 1. The van der Waals surface area contributed by atoms with Crippen LogP contribution in [0, 0.1) is 17.0 Å². The van der Waals surface area contributed by atoms with Crippen LogP contribution >= 0.6 is 11.8 Å². The van der Waals surface area contributed by atoms with Crippen molar-refractivity contribution in [2.45, 2.75) is 55.7 Å². The molecule has 0 bridgehead atoms. The summed E-state index contributed by atoms with van der Waals surface area (Å²) < 4.78 is 13.7. The van der Waals surface area contributed by atoms with Crippen LogP contribution in [0.3, 0.4) is 0 Å². The van der Waals surface area contributed by atoms with Crippen molar-refractivity contribution < 1.29 is 14.4 Å². The number of hydrogen-bond donors (Lipinski definition) is 0. The Morgan fingerprint density at radius 1 is 1.02 bits per heavy atom. The zero-order valence-corrected chi connectivity index (χ0v) is 24.6. The number of aromatic nitrogens is 3. The van der Waals surface area contributed by atoms with Crippen LogP contribution in [0.1, 0.15) is 40.9 Å². The SMILES string of the molecule is Cc1ccc(OCc2nnc(Sc3ccc(CCCN4CCOCC4)cc3[N+](=O)[O-])n2-c2ccccc2)c2c1CCC2. The minimum absolute atomic E-state index is 0.0829. The summed E-state index contributed by atoms with van der Waals surface area (Å²) in [6.07, 6.45) is 4.98. The highest BCUT2D eigenvalue weighted by Gasteiger charge is 2.23. The number of rotatable bonds is 11. The van der Waals surface area contributed by atoms with E-state index >= 15 is 0 Å². The van der Waals surface area contributed by atoms with Crippen molar-refractivity contribution in [2.75, 3.05) is 32.8 Å². The Labute approximate surface area is 250 Å². The van der Waals surface area contributed by atoms with Crippen molar-refractivity contribution in [1.29, 1.82) is 0 Å². The van der Waals surface area contributed by atoms with Gasteiger partial charge in [-0.2, -0.15) is 0 Å². The normalized spacial score (nSPS) is 15.1. The number of fused-ring (bicyclic) bond motifs is 1. The zero-order chi connectivity index (χ0) is 28.9. The lowest BCUT2D eigenvalue weighted by Gasteiger charge is -2.26. The molecule has 1 fully saturated rings. The standard InChI is InChI=1S/C32H35N5O4S/c1-23-12-14-29(27-11-5-10-26(23)27)41-22-31-33-34-32(36(31)25-8-3-2-4-9-25)42-30-15-13-24(21-28(30)37(38)39)7-6-16-35-17-19-40-20-18-35/h2-4,8-9,12-15,21H,5-7,10-11,16-20,22H2,1H3. The van der Waals surface area contributed by atoms with Gasteiger partial charge in [-0.15, -0.1) is 10.2 Å². The van der Waals surface area contributed by atoms with Gasteiger partial charge in [-0.25, -0.2) is 0 Å². The lowest BCUT2D eigenvalue weighted by molar-refractivity contribution is -0.387. The number of benzene rings is 3. The summed E-state index contributed by atoms with van der Waals surface area (Å²) in [5, 5.41) is 21.6. The maximum Gasteiger partial charge on any atom is 0.283 e. The first-order valence-electron chi connectivity index (χ1n) is 14.6. The van der Waals surface area contributed by atoms with E-state index in [1.165, 1.54) is 28.5 Å².